The fourth-order valence-corrected chi connectivity index (χ4v) is 0.907. The van der Waals surface area contributed by atoms with Gasteiger partial charge >= 0.3 is 0 Å². The van der Waals surface area contributed by atoms with Gasteiger partial charge in [-0.15, -0.1) is 0 Å². The van der Waals surface area contributed by atoms with Crippen molar-refractivity contribution in [3.8, 4) is 5.88 Å². The molecule has 0 aromatic carbocycles. The third-order valence-corrected chi connectivity index (χ3v) is 1.48. The average molecular weight is 181 g/mol. The number of nitrogens with zero attached hydrogens (tertiary/aromatic N) is 1. The maximum atomic E-state index is 10.6. The number of thioether (sulfide) groups is 1. The third-order valence-electron chi connectivity index (χ3n) is 0.900. The van der Waals surface area contributed by atoms with E-state index in [2.05, 4.69) is 9.97 Å². The zero-order valence-corrected chi connectivity index (χ0v) is 9.10. The predicted octanol–water partition coefficient (Wildman–Crippen LogP) is -0.183. The number of rotatable bonds is 1. The van der Waals surface area contributed by atoms with E-state index in [1.54, 1.807) is 6.26 Å². The Kier molecular flexibility index (Phi) is 4.83. The molecule has 0 unspecified atom stereocenters. The minimum absolute atomic E-state index is 0. The van der Waals surface area contributed by atoms with Gasteiger partial charge in [0.2, 0.25) is 5.88 Å². The van der Waals surface area contributed by atoms with E-state index in [9.17, 15) is 4.79 Å². The van der Waals surface area contributed by atoms with Gasteiger partial charge in [-0.25, -0.2) is 0 Å². The van der Waals surface area contributed by atoms with Gasteiger partial charge in [-0.1, -0.05) is 11.8 Å². The molecule has 55 valence electrons. The average Bonchev–Trinajstić information content (AvgIpc) is 1.85. The Morgan fingerprint density at radius 2 is 2.36 bits per heavy atom. The number of hydrogen-bond donors (Lipinski definition) is 2. The Labute approximate surface area is 89.7 Å². The van der Waals surface area contributed by atoms with Crippen LogP contribution in [0.5, 0.6) is 5.88 Å². The molecular formula is C5H6N2NaO2S. The van der Waals surface area contributed by atoms with Crippen LogP contribution < -0.4 is 5.56 Å². The van der Waals surface area contributed by atoms with Crippen molar-refractivity contribution in [1.29, 1.82) is 0 Å². The Balaban J connectivity index is 0.000001000. The molecule has 4 nitrogen and oxygen atoms in total. The number of nitrogens with one attached hydrogen (secondary N) is 1. The number of aromatic nitrogens is 2. The van der Waals surface area contributed by atoms with Gasteiger partial charge in [0, 0.05) is 29.6 Å². The van der Waals surface area contributed by atoms with Crippen LogP contribution in [0.2, 0.25) is 0 Å². The number of aromatic hydroxyl groups is 1. The second-order valence-electron chi connectivity index (χ2n) is 1.61. The van der Waals surface area contributed by atoms with E-state index in [-0.39, 0.29) is 41.0 Å². The molecule has 0 fully saturated rings. The van der Waals surface area contributed by atoms with Gasteiger partial charge in [0.25, 0.3) is 5.56 Å². The SMILES string of the molecule is CSc1nc(O)cc(=O)[nH]1.[Na]. The first-order valence-electron chi connectivity index (χ1n) is 2.56. The Hall–Kier alpha value is 0.0300. The van der Waals surface area contributed by atoms with Crippen LogP contribution in [0.3, 0.4) is 0 Å². The van der Waals surface area contributed by atoms with Gasteiger partial charge in [-0.3, -0.25) is 4.79 Å². The van der Waals surface area contributed by atoms with Crippen molar-refractivity contribution in [2.75, 3.05) is 6.26 Å². The Morgan fingerprint density at radius 3 is 2.82 bits per heavy atom. The largest absolute Gasteiger partial charge is 0.493 e. The molecule has 0 aliphatic carbocycles. The molecule has 11 heavy (non-hydrogen) atoms. The fourth-order valence-electron chi connectivity index (χ4n) is 0.520. The minimum Gasteiger partial charge on any atom is -0.493 e. The van der Waals surface area contributed by atoms with Gasteiger partial charge in [0.1, 0.15) is 0 Å². The molecule has 0 saturated heterocycles. The third kappa shape index (κ3) is 3.29. The summed E-state index contributed by atoms with van der Waals surface area (Å²) < 4.78 is 0. The minimum atomic E-state index is -0.336. The topological polar surface area (TPSA) is 66.0 Å². The standard InChI is InChI=1S/C5H6N2O2S.Na/c1-10-5-6-3(8)2-4(9)7-5;/h2H,1H3,(H2,6,7,8,9);. The summed E-state index contributed by atoms with van der Waals surface area (Å²) in [5.41, 5.74) is -0.336. The van der Waals surface area contributed by atoms with Gasteiger partial charge in [0.05, 0.1) is 6.07 Å². The normalized spacial score (nSPS) is 8.82. The van der Waals surface area contributed by atoms with E-state index in [4.69, 9.17) is 5.11 Å². The fraction of sp³-hybridized carbons (Fsp3) is 0.200. The van der Waals surface area contributed by atoms with Crippen molar-refractivity contribution in [2.24, 2.45) is 0 Å². The number of hydrogen-bond acceptors (Lipinski definition) is 4. The molecule has 0 atom stereocenters. The van der Waals surface area contributed by atoms with Crippen LogP contribution in [0.15, 0.2) is 16.0 Å². The van der Waals surface area contributed by atoms with E-state index < -0.39 is 0 Å². The molecule has 1 radical (unpaired) electrons. The maximum Gasteiger partial charge on any atom is 0.255 e. The molecule has 6 heteroatoms. The van der Waals surface area contributed by atoms with Gasteiger partial charge in [0.15, 0.2) is 5.16 Å². The number of H-pyrrole nitrogens is 1. The summed E-state index contributed by atoms with van der Waals surface area (Å²) in [4.78, 5) is 16.7. The molecule has 0 aliphatic rings. The van der Waals surface area contributed by atoms with Crippen LogP contribution in [0, 0.1) is 0 Å². The van der Waals surface area contributed by atoms with Crippen LogP contribution in [0.25, 0.3) is 0 Å². The summed E-state index contributed by atoms with van der Waals surface area (Å²) in [6, 6.07) is 1.03. The summed E-state index contributed by atoms with van der Waals surface area (Å²) in [6.07, 6.45) is 1.76. The van der Waals surface area contributed by atoms with Crippen molar-refractivity contribution in [3.63, 3.8) is 0 Å². The first-order valence-corrected chi connectivity index (χ1v) is 3.79. The van der Waals surface area contributed by atoms with Crippen molar-refractivity contribution in [2.45, 2.75) is 5.16 Å². The van der Waals surface area contributed by atoms with Crippen LogP contribution >= 0.6 is 11.8 Å². The van der Waals surface area contributed by atoms with Gasteiger partial charge in [-0.2, -0.15) is 4.98 Å². The van der Waals surface area contributed by atoms with Crippen LogP contribution in [0.1, 0.15) is 0 Å². The van der Waals surface area contributed by atoms with E-state index in [0.717, 1.165) is 6.07 Å². The predicted molar refractivity (Wildman–Crippen MR) is 44.1 cm³/mol. The van der Waals surface area contributed by atoms with E-state index >= 15 is 0 Å². The van der Waals surface area contributed by atoms with Gasteiger partial charge < -0.3 is 10.1 Å². The van der Waals surface area contributed by atoms with Gasteiger partial charge in [-0.05, 0) is 6.26 Å². The monoisotopic (exact) mass is 181 g/mol. The molecule has 2 N–H and O–H groups in total. The molecule has 0 spiro atoms. The number of aromatic amines is 1. The summed E-state index contributed by atoms with van der Waals surface area (Å²) in [5.74, 6) is -0.242. The molecule has 0 aliphatic heterocycles. The van der Waals surface area contributed by atoms with Crippen LogP contribution in [-0.2, 0) is 0 Å². The van der Waals surface area contributed by atoms with Crippen molar-refractivity contribution >= 4 is 41.3 Å². The molecule has 0 bridgehead atoms. The summed E-state index contributed by atoms with van der Waals surface area (Å²) in [6.45, 7) is 0. The van der Waals surface area contributed by atoms with Crippen LogP contribution in [0.4, 0.5) is 0 Å². The second kappa shape index (κ2) is 4.82. The van der Waals surface area contributed by atoms with Crippen LogP contribution in [-0.4, -0.2) is 50.9 Å². The molecule has 0 saturated carbocycles. The molecule has 1 aromatic heterocycles. The first-order chi connectivity index (χ1) is 4.72. The molecule has 1 rings (SSSR count). The van der Waals surface area contributed by atoms with E-state index in [1.165, 1.54) is 11.8 Å². The summed E-state index contributed by atoms with van der Waals surface area (Å²) in [5, 5.41) is 9.20. The van der Waals surface area contributed by atoms with E-state index in [0.29, 0.717) is 5.16 Å². The maximum absolute atomic E-state index is 10.6. The van der Waals surface area contributed by atoms with E-state index in [1.807, 2.05) is 0 Å². The molecular weight excluding hydrogens is 175 g/mol. The molecule has 0 amide bonds. The molecule has 1 aromatic rings. The van der Waals surface area contributed by atoms with Crippen molar-refractivity contribution in [1.82, 2.24) is 9.97 Å². The quantitative estimate of drug-likeness (QED) is 0.358. The Bertz CT molecular complexity index is 288. The first kappa shape index (κ1) is 11.0. The van der Waals surface area contributed by atoms with Crippen molar-refractivity contribution in [3.05, 3.63) is 16.4 Å². The zero-order chi connectivity index (χ0) is 7.56. The summed E-state index contributed by atoms with van der Waals surface area (Å²) >= 11 is 1.27. The Morgan fingerprint density at radius 1 is 1.73 bits per heavy atom. The molecule has 1 heterocycles. The second-order valence-corrected chi connectivity index (χ2v) is 2.41. The zero-order valence-electron chi connectivity index (χ0n) is 6.29. The van der Waals surface area contributed by atoms with Crippen molar-refractivity contribution < 1.29 is 5.11 Å². The smallest absolute Gasteiger partial charge is 0.255 e. The summed E-state index contributed by atoms with van der Waals surface area (Å²) in [7, 11) is 0.